The van der Waals surface area contributed by atoms with Crippen LogP contribution in [0.4, 0.5) is 9.18 Å². The van der Waals surface area contributed by atoms with Crippen LogP contribution in [-0.4, -0.2) is 54.3 Å². The Morgan fingerprint density at radius 1 is 1.26 bits per heavy atom. The molecule has 27 heavy (non-hydrogen) atoms. The molecule has 2 heterocycles. The molecule has 1 unspecified atom stereocenters. The summed E-state index contributed by atoms with van der Waals surface area (Å²) in [5.74, 6) is -0.568. The first-order valence-electron chi connectivity index (χ1n) is 8.56. The zero-order valence-electron chi connectivity index (χ0n) is 14.9. The highest BCUT2D eigenvalue weighted by molar-refractivity contribution is 6.04. The molecule has 3 rings (SSSR count). The number of amides is 4. The third-order valence-corrected chi connectivity index (χ3v) is 4.45. The van der Waals surface area contributed by atoms with Crippen molar-refractivity contribution < 1.29 is 23.2 Å². The normalized spacial score (nSPS) is 15.3. The summed E-state index contributed by atoms with van der Waals surface area (Å²) < 4.78 is 18.7. The Hall–Kier alpha value is -3.16. The predicted molar refractivity (Wildman–Crippen MR) is 94.3 cm³/mol. The van der Waals surface area contributed by atoms with E-state index in [1.54, 1.807) is 24.5 Å². The summed E-state index contributed by atoms with van der Waals surface area (Å²) >= 11 is 0. The third kappa shape index (κ3) is 4.33. The summed E-state index contributed by atoms with van der Waals surface area (Å²) in [5.41, 5.74) is 0.868. The predicted octanol–water partition coefficient (Wildman–Crippen LogP) is 1.95. The van der Waals surface area contributed by atoms with Crippen molar-refractivity contribution in [3.05, 3.63) is 59.8 Å². The minimum absolute atomic E-state index is 0.0166. The second kappa shape index (κ2) is 8.03. The first kappa shape index (κ1) is 18.6. The van der Waals surface area contributed by atoms with Gasteiger partial charge in [0.05, 0.1) is 6.26 Å². The fraction of sp³-hybridized carbons (Fsp3) is 0.316. The van der Waals surface area contributed by atoms with Crippen LogP contribution < -0.4 is 5.32 Å². The van der Waals surface area contributed by atoms with Crippen LogP contribution in [0.5, 0.6) is 0 Å². The monoisotopic (exact) mass is 373 g/mol. The van der Waals surface area contributed by atoms with Crippen molar-refractivity contribution in [3.63, 3.8) is 0 Å². The quantitative estimate of drug-likeness (QED) is 0.752. The van der Waals surface area contributed by atoms with Crippen LogP contribution in [-0.2, 0) is 9.59 Å². The van der Waals surface area contributed by atoms with Gasteiger partial charge >= 0.3 is 6.03 Å². The van der Waals surface area contributed by atoms with Gasteiger partial charge in [0.2, 0.25) is 5.91 Å². The highest BCUT2D eigenvalue weighted by Gasteiger charge is 2.34. The van der Waals surface area contributed by atoms with Crippen molar-refractivity contribution in [1.82, 2.24) is 15.1 Å². The first-order valence-corrected chi connectivity index (χ1v) is 8.56. The number of hydrogen-bond donors (Lipinski definition) is 1. The van der Waals surface area contributed by atoms with Crippen molar-refractivity contribution in [3.8, 4) is 0 Å². The van der Waals surface area contributed by atoms with Gasteiger partial charge in [0, 0.05) is 19.5 Å². The van der Waals surface area contributed by atoms with Gasteiger partial charge in [0.15, 0.2) is 0 Å². The molecule has 1 aromatic carbocycles. The van der Waals surface area contributed by atoms with Crippen LogP contribution in [0.15, 0.2) is 47.1 Å². The maximum atomic E-state index is 13.2. The minimum Gasteiger partial charge on any atom is -0.469 e. The van der Waals surface area contributed by atoms with Crippen molar-refractivity contribution in [1.29, 1.82) is 0 Å². The van der Waals surface area contributed by atoms with E-state index in [1.165, 1.54) is 24.1 Å². The molecule has 8 heteroatoms. The topological polar surface area (TPSA) is 82.9 Å². The van der Waals surface area contributed by atoms with E-state index < -0.39 is 17.8 Å². The average Bonchev–Trinajstić information content (AvgIpc) is 3.25. The standard InChI is InChI=1S/C19H20FN3O4/c1-22-12-18(25)23(19(22)26)11-17(24)21-9-8-15(16-3-2-10-27-16)13-4-6-14(20)7-5-13/h2-7,10,15H,8-9,11-12H2,1H3,(H,21,24). The SMILES string of the molecule is CN1CC(=O)N(CC(=O)NCCC(c2ccc(F)cc2)c2ccco2)C1=O. The van der Waals surface area contributed by atoms with Gasteiger partial charge in [0.1, 0.15) is 24.7 Å². The summed E-state index contributed by atoms with van der Waals surface area (Å²) in [6.07, 6.45) is 2.08. The number of hydrogen-bond acceptors (Lipinski definition) is 4. The lowest BCUT2D eigenvalue weighted by Gasteiger charge is -2.17. The zero-order valence-corrected chi connectivity index (χ0v) is 14.9. The number of urea groups is 1. The van der Waals surface area contributed by atoms with Gasteiger partial charge in [0.25, 0.3) is 5.91 Å². The summed E-state index contributed by atoms with van der Waals surface area (Å²) in [6, 6.07) is 9.24. The highest BCUT2D eigenvalue weighted by Crippen LogP contribution is 2.28. The van der Waals surface area contributed by atoms with Gasteiger partial charge < -0.3 is 14.6 Å². The van der Waals surface area contributed by atoms with Crippen LogP contribution in [0.1, 0.15) is 23.7 Å². The average molecular weight is 373 g/mol. The lowest BCUT2D eigenvalue weighted by Crippen LogP contribution is -2.41. The largest absolute Gasteiger partial charge is 0.469 e. The second-order valence-corrected chi connectivity index (χ2v) is 6.38. The van der Waals surface area contributed by atoms with Gasteiger partial charge in [-0.25, -0.2) is 9.18 Å². The van der Waals surface area contributed by atoms with E-state index in [2.05, 4.69) is 5.32 Å². The maximum Gasteiger partial charge on any atom is 0.327 e. The molecule has 1 fully saturated rings. The van der Waals surface area contributed by atoms with E-state index in [9.17, 15) is 18.8 Å². The molecule has 1 N–H and O–H groups in total. The third-order valence-electron chi connectivity index (χ3n) is 4.45. The van der Waals surface area contributed by atoms with Crippen LogP contribution >= 0.6 is 0 Å². The van der Waals surface area contributed by atoms with E-state index in [0.717, 1.165) is 10.5 Å². The first-order chi connectivity index (χ1) is 13.0. The Kier molecular flexibility index (Phi) is 5.54. The maximum absolute atomic E-state index is 13.2. The number of likely N-dealkylation sites (N-methyl/N-ethyl adjacent to an activating group) is 1. The van der Waals surface area contributed by atoms with Crippen molar-refractivity contribution in [2.24, 2.45) is 0 Å². The fourth-order valence-electron chi connectivity index (χ4n) is 3.04. The molecular formula is C19H20FN3O4. The molecule has 1 atom stereocenters. The number of carbonyl (C=O) groups is 3. The van der Waals surface area contributed by atoms with E-state index in [0.29, 0.717) is 18.7 Å². The number of carbonyl (C=O) groups excluding carboxylic acids is 3. The van der Waals surface area contributed by atoms with Gasteiger partial charge in [-0.15, -0.1) is 0 Å². The number of halogens is 1. The Morgan fingerprint density at radius 2 is 2.00 bits per heavy atom. The Balaban J connectivity index is 1.58. The van der Waals surface area contributed by atoms with Gasteiger partial charge in [-0.1, -0.05) is 12.1 Å². The van der Waals surface area contributed by atoms with Gasteiger partial charge in [-0.05, 0) is 36.2 Å². The molecule has 0 radical (unpaired) electrons. The van der Waals surface area contributed by atoms with Crippen LogP contribution in [0.3, 0.4) is 0 Å². The number of nitrogens with zero attached hydrogens (tertiary/aromatic N) is 2. The summed E-state index contributed by atoms with van der Waals surface area (Å²) in [4.78, 5) is 37.8. The zero-order chi connectivity index (χ0) is 19.4. The molecule has 2 aromatic rings. The number of imide groups is 1. The molecular weight excluding hydrogens is 353 g/mol. The number of benzene rings is 1. The molecule has 1 saturated heterocycles. The number of nitrogens with one attached hydrogen (secondary N) is 1. The molecule has 0 spiro atoms. The van der Waals surface area contributed by atoms with Crippen LogP contribution in [0.25, 0.3) is 0 Å². The Morgan fingerprint density at radius 3 is 2.59 bits per heavy atom. The van der Waals surface area contributed by atoms with E-state index >= 15 is 0 Å². The molecule has 0 saturated carbocycles. The summed E-state index contributed by atoms with van der Waals surface area (Å²) in [5, 5.41) is 2.72. The van der Waals surface area contributed by atoms with Crippen LogP contribution in [0.2, 0.25) is 0 Å². The van der Waals surface area contributed by atoms with E-state index in [1.807, 2.05) is 6.07 Å². The number of rotatable bonds is 7. The van der Waals surface area contributed by atoms with Gasteiger partial charge in [-0.2, -0.15) is 0 Å². The van der Waals surface area contributed by atoms with Gasteiger partial charge in [-0.3, -0.25) is 14.5 Å². The van der Waals surface area contributed by atoms with Crippen molar-refractivity contribution in [2.75, 3.05) is 26.7 Å². The van der Waals surface area contributed by atoms with Crippen LogP contribution in [0, 0.1) is 5.82 Å². The Bertz CT molecular complexity index is 820. The molecule has 7 nitrogen and oxygen atoms in total. The number of furan rings is 1. The minimum atomic E-state index is -0.477. The smallest absolute Gasteiger partial charge is 0.327 e. The lowest BCUT2D eigenvalue weighted by molar-refractivity contribution is -0.130. The Labute approximate surface area is 155 Å². The fourth-order valence-corrected chi connectivity index (χ4v) is 3.04. The molecule has 1 aliphatic heterocycles. The second-order valence-electron chi connectivity index (χ2n) is 6.38. The van der Waals surface area contributed by atoms with Crippen molar-refractivity contribution in [2.45, 2.75) is 12.3 Å². The van der Waals surface area contributed by atoms with Crippen molar-refractivity contribution >= 4 is 17.8 Å². The molecule has 1 aromatic heterocycles. The molecule has 1 aliphatic rings. The van der Waals surface area contributed by atoms with E-state index in [-0.39, 0.29) is 24.8 Å². The lowest BCUT2D eigenvalue weighted by atomic mass is 9.93. The molecule has 0 bridgehead atoms. The summed E-state index contributed by atoms with van der Waals surface area (Å²) in [6.45, 7) is -0.00510. The highest BCUT2D eigenvalue weighted by atomic mass is 19.1. The molecule has 4 amide bonds. The van der Waals surface area contributed by atoms with E-state index in [4.69, 9.17) is 4.42 Å². The molecule has 142 valence electrons. The molecule has 0 aliphatic carbocycles. The summed E-state index contributed by atoms with van der Waals surface area (Å²) in [7, 11) is 1.51.